The molecule has 1 fully saturated rings. The zero-order chi connectivity index (χ0) is 13.3. The molecule has 2 atom stereocenters. The lowest BCUT2D eigenvalue weighted by Gasteiger charge is -2.32. The van der Waals surface area contributed by atoms with Gasteiger partial charge in [0.15, 0.2) is 0 Å². The van der Waals surface area contributed by atoms with Gasteiger partial charge in [-0.3, -0.25) is 5.32 Å². The Morgan fingerprint density at radius 2 is 1.94 bits per heavy atom. The van der Waals surface area contributed by atoms with Crippen LogP contribution in [-0.4, -0.2) is 12.2 Å². The van der Waals surface area contributed by atoms with E-state index < -0.39 is 18.3 Å². The Kier molecular flexibility index (Phi) is 3.61. The average molecular weight is 261 g/mol. The van der Waals surface area contributed by atoms with Gasteiger partial charge in [0.2, 0.25) is 0 Å². The van der Waals surface area contributed by atoms with Crippen molar-refractivity contribution in [2.75, 3.05) is 0 Å². The van der Waals surface area contributed by atoms with Gasteiger partial charge in [-0.15, -0.1) is 0 Å². The van der Waals surface area contributed by atoms with Crippen LogP contribution in [0.15, 0.2) is 18.2 Å². The molecular formula is C13H15F4N. The van der Waals surface area contributed by atoms with Crippen LogP contribution in [0.3, 0.4) is 0 Å². The number of halogens is 4. The van der Waals surface area contributed by atoms with E-state index in [1.165, 1.54) is 6.07 Å². The normalized spacial score (nSPS) is 25.2. The second kappa shape index (κ2) is 4.88. The maximum absolute atomic E-state index is 13.4. The molecule has 1 nitrogen and oxygen atoms in total. The zero-order valence-electron chi connectivity index (χ0n) is 10.0. The fourth-order valence-electron chi connectivity index (χ4n) is 2.28. The first-order chi connectivity index (χ1) is 8.38. The maximum atomic E-state index is 13.4. The summed E-state index contributed by atoms with van der Waals surface area (Å²) in [6.07, 6.45) is -3.04. The molecular weight excluding hydrogens is 246 g/mol. The molecule has 1 heterocycles. The molecule has 0 aromatic heterocycles. The Bertz CT molecular complexity index is 427. The van der Waals surface area contributed by atoms with Crippen LogP contribution in [0.2, 0.25) is 0 Å². The third-order valence-corrected chi connectivity index (χ3v) is 3.38. The summed E-state index contributed by atoms with van der Waals surface area (Å²) in [5, 5.41) is 2.56. The number of hydrogen-bond acceptors (Lipinski definition) is 1. The lowest BCUT2D eigenvalue weighted by Crippen LogP contribution is -2.46. The molecule has 18 heavy (non-hydrogen) atoms. The molecule has 5 heteroatoms. The van der Waals surface area contributed by atoms with Crippen LogP contribution in [0.5, 0.6) is 0 Å². The summed E-state index contributed by atoms with van der Waals surface area (Å²) < 4.78 is 51.3. The predicted octanol–water partition coefficient (Wildman–Crippen LogP) is 3.88. The monoisotopic (exact) mass is 261 g/mol. The van der Waals surface area contributed by atoms with Crippen molar-refractivity contribution in [1.82, 2.24) is 5.32 Å². The van der Waals surface area contributed by atoms with Crippen LogP contribution in [-0.2, 0) is 0 Å². The van der Waals surface area contributed by atoms with Crippen molar-refractivity contribution in [2.45, 2.75) is 44.4 Å². The van der Waals surface area contributed by atoms with Crippen molar-refractivity contribution in [1.29, 1.82) is 0 Å². The zero-order valence-corrected chi connectivity index (χ0v) is 10.0. The number of nitrogens with one attached hydrogen (secondary N) is 1. The van der Waals surface area contributed by atoms with Gasteiger partial charge in [0, 0.05) is 6.04 Å². The fraction of sp³-hybridized carbons (Fsp3) is 0.538. The van der Waals surface area contributed by atoms with Crippen molar-refractivity contribution in [3.05, 3.63) is 35.1 Å². The van der Waals surface area contributed by atoms with E-state index in [9.17, 15) is 17.6 Å². The molecule has 2 unspecified atom stereocenters. The Balaban J connectivity index is 2.15. The van der Waals surface area contributed by atoms with E-state index in [2.05, 4.69) is 5.32 Å². The summed E-state index contributed by atoms with van der Waals surface area (Å²) in [7, 11) is 0. The molecule has 1 aliphatic rings. The van der Waals surface area contributed by atoms with Crippen LogP contribution in [0.25, 0.3) is 0 Å². The Morgan fingerprint density at radius 3 is 2.56 bits per heavy atom. The van der Waals surface area contributed by atoms with Gasteiger partial charge in [-0.1, -0.05) is 12.1 Å². The van der Waals surface area contributed by atoms with E-state index in [1.807, 2.05) is 0 Å². The molecule has 0 radical (unpaired) electrons. The summed E-state index contributed by atoms with van der Waals surface area (Å²) in [6, 6.07) is 2.71. The minimum Gasteiger partial charge on any atom is -0.299 e. The van der Waals surface area contributed by atoms with Crippen LogP contribution in [0.4, 0.5) is 17.6 Å². The van der Waals surface area contributed by atoms with Gasteiger partial charge >= 0.3 is 6.18 Å². The van der Waals surface area contributed by atoms with E-state index in [1.54, 1.807) is 19.1 Å². The van der Waals surface area contributed by atoms with Crippen LogP contribution in [0.1, 0.15) is 36.4 Å². The number of benzene rings is 1. The van der Waals surface area contributed by atoms with Crippen LogP contribution in [0, 0.1) is 12.7 Å². The first-order valence-corrected chi connectivity index (χ1v) is 5.97. The van der Waals surface area contributed by atoms with Gasteiger partial charge in [-0.05, 0) is 43.4 Å². The topological polar surface area (TPSA) is 12.0 Å². The fourth-order valence-corrected chi connectivity index (χ4v) is 2.28. The standard InChI is InChI=1S/C13H15F4N/c1-8-5-6-9(7-10(8)14)11-3-2-4-12(18-11)13(15,16)17/h5-7,11-12,18H,2-4H2,1H3. The molecule has 1 aromatic carbocycles. The molecule has 1 saturated heterocycles. The van der Waals surface area contributed by atoms with Gasteiger partial charge in [0.25, 0.3) is 0 Å². The maximum Gasteiger partial charge on any atom is 0.403 e. The lowest BCUT2D eigenvalue weighted by molar-refractivity contribution is -0.163. The number of rotatable bonds is 1. The van der Waals surface area contributed by atoms with E-state index in [4.69, 9.17) is 0 Å². The number of hydrogen-bond donors (Lipinski definition) is 1. The Hall–Kier alpha value is -1.10. The van der Waals surface area contributed by atoms with Crippen molar-refractivity contribution >= 4 is 0 Å². The lowest BCUT2D eigenvalue weighted by atomic mass is 9.92. The number of aryl methyl sites for hydroxylation is 1. The SMILES string of the molecule is Cc1ccc(C2CCCC(C(F)(F)F)N2)cc1F. The summed E-state index contributed by atoms with van der Waals surface area (Å²) in [5.74, 6) is -0.372. The molecule has 1 N–H and O–H groups in total. The van der Waals surface area contributed by atoms with Crippen molar-refractivity contribution in [3.63, 3.8) is 0 Å². The third-order valence-electron chi connectivity index (χ3n) is 3.38. The second-order valence-corrected chi connectivity index (χ2v) is 4.75. The van der Waals surface area contributed by atoms with Gasteiger partial charge < -0.3 is 0 Å². The molecule has 0 saturated carbocycles. The summed E-state index contributed by atoms with van der Waals surface area (Å²) >= 11 is 0. The molecule has 0 aliphatic carbocycles. The molecule has 1 aromatic rings. The van der Waals surface area contributed by atoms with Crippen LogP contribution < -0.4 is 5.32 Å². The van der Waals surface area contributed by atoms with Gasteiger partial charge in [0.05, 0.1) is 0 Å². The smallest absolute Gasteiger partial charge is 0.299 e. The molecule has 0 spiro atoms. The first-order valence-electron chi connectivity index (χ1n) is 5.97. The summed E-state index contributed by atoms with van der Waals surface area (Å²) in [5.41, 5.74) is 1.09. The van der Waals surface area contributed by atoms with Crippen molar-refractivity contribution < 1.29 is 17.6 Å². The largest absolute Gasteiger partial charge is 0.403 e. The third kappa shape index (κ3) is 2.83. The number of piperidine rings is 1. The summed E-state index contributed by atoms with van der Waals surface area (Å²) in [6.45, 7) is 1.63. The van der Waals surface area contributed by atoms with Crippen molar-refractivity contribution in [3.8, 4) is 0 Å². The number of alkyl halides is 3. The highest BCUT2D eigenvalue weighted by atomic mass is 19.4. The predicted molar refractivity (Wildman–Crippen MR) is 60.7 cm³/mol. The van der Waals surface area contributed by atoms with Gasteiger partial charge in [0.1, 0.15) is 11.9 Å². The quantitative estimate of drug-likeness (QED) is 0.756. The summed E-state index contributed by atoms with van der Waals surface area (Å²) in [4.78, 5) is 0. The first kappa shape index (κ1) is 13.3. The van der Waals surface area contributed by atoms with E-state index in [0.717, 1.165) is 0 Å². The van der Waals surface area contributed by atoms with E-state index in [0.29, 0.717) is 24.0 Å². The molecule has 0 bridgehead atoms. The molecule has 0 amide bonds. The highest BCUT2D eigenvalue weighted by Gasteiger charge is 2.42. The van der Waals surface area contributed by atoms with E-state index in [-0.39, 0.29) is 12.2 Å². The van der Waals surface area contributed by atoms with Gasteiger partial charge in [-0.25, -0.2) is 4.39 Å². The molecule has 100 valence electrons. The molecule has 1 aliphatic heterocycles. The molecule has 2 rings (SSSR count). The Labute approximate surface area is 103 Å². The highest BCUT2D eigenvalue weighted by Crippen LogP contribution is 2.33. The minimum atomic E-state index is -4.23. The Morgan fingerprint density at radius 1 is 1.22 bits per heavy atom. The second-order valence-electron chi connectivity index (χ2n) is 4.75. The average Bonchev–Trinajstić information content (AvgIpc) is 2.32. The van der Waals surface area contributed by atoms with Gasteiger partial charge in [-0.2, -0.15) is 13.2 Å². The van der Waals surface area contributed by atoms with Crippen molar-refractivity contribution in [2.24, 2.45) is 0 Å². The highest BCUT2D eigenvalue weighted by molar-refractivity contribution is 5.26. The van der Waals surface area contributed by atoms with E-state index >= 15 is 0 Å². The minimum absolute atomic E-state index is 0.0916. The van der Waals surface area contributed by atoms with Crippen LogP contribution >= 0.6 is 0 Å².